The van der Waals surface area contributed by atoms with E-state index in [-0.39, 0.29) is 0 Å². The monoisotopic (exact) mass is 342 g/mol. The first-order valence-corrected chi connectivity index (χ1v) is 8.09. The first kappa shape index (κ1) is 15.6. The summed E-state index contributed by atoms with van der Waals surface area (Å²) in [5.41, 5.74) is 2.64. The lowest BCUT2D eigenvalue weighted by Crippen LogP contribution is -2.07. The normalized spacial score (nSPS) is 13.5. The standard InChI is InChI=1S/C17H18N4O4/c1-22-12-4-2-11(3-5-12)6-8-18-17-20-19-16(24-17)15-13-10-23-9-7-14(13)25-21-15/h2-5H,6-10H2,1H3,(H,18,20). The van der Waals surface area contributed by atoms with Gasteiger partial charge >= 0.3 is 6.01 Å². The Kier molecular flexibility index (Phi) is 4.34. The molecular formula is C17H18N4O4. The van der Waals surface area contributed by atoms with Gasteiger partial charge in [0.05, 0.1) is 25.9 Å². The second kappa shape index (κ2) is 6.94. The number of benzene rings is 1. The molecular weight excluding hydrogens is 324 g/mol. The molecule has 8 heteroatoms. The average Bonchev–Trinajstić information content (AvgIpc) is 3.29. The smallest absolute Gasteiger partial charge is 0.315 e. The number of nitrogens with one attached hydrogen (secondary N) is 1. The fraction of sp³-hybridized carbons (Fsp3) is 0.353. The van der Waals surface area contributed by atoms with E-state index in [2.05, 4.69) is 20.7 Å². The maximum atomic E-state index is 5.64. The second-order valence-corrected chi connectivity index (χ2v) is 5.67. The Morgan fingerprint density at radius 1 is 1.20 bits per heavy atom. The van der Waals surface area contributed by atoms with Crippen molar-refractivity contribution in [3.63, 3.8) is 0 Å². The third kappa shape index (κ3) is 3.34. The van der Waals surface area contributed by atoms with Gasteiger partial charge in [0.1, 0.15) is 11.5 Å². The third-order valence-corrected chi connectivity index (χ3v) is 4.07. The van der Waals surface area contributed by atoms with E-state index < -0.39 is 0 Å². The minimum absolute atomic E-state index is 0.336. The largest absolute Gasteiger partial charge is 0.497 e. The molecule has 1 aromatic carbocycles. The molecule has 3 aromatic rings. The van der Waals surface area contributed by atoms with E-state index in [1.165, 1.54) is 5.56 Å². The average molecular weight is 342 g/mol. The van der Waals surface area contributed by atoms with E-state index in [9.17, 15) is 0 Å². The minimum Gasteiger partial charge on any atom is -0.497 e. The van der Waals surface area contributed by atoms with E-state index in [1.54, 1.807) is 7.11 Å². The molecule has 1 aliphatic heterocycles. The number of fused-ring (bicyclic) bond motifs is 1. The second-order valence-electron chi connectivity index (χ2n) is 5.67. The van der Waals surface area contributed by atoms with E-state index in [4.69, 9.17) is 18.4 Å². The highest BCUT2D eigenvalue weighted by atomic mass is 16.5. The van der Waals surface area contributed by atoms with Crippen LogP contribution in [0.4, 0.5) is 6.01 Å². The van der Waals surface area contributed by atoms with Gasteiger partial charge in [-0.15, -0.1) is 5.10 Å². The van der Waals surface area contributed by atoms with Gasteiger partial charge in [0.2, 0.25) is 0 Å². The number of ether oxygens (including phenoxy) is 2. The van der Waals surface area contributed by atoms with Crippen LogP contribution in [0.25, 0.3) is 11.6 Å². The Morgan fingerprint density at radius 2 is 2.08 bits per heavy atom. The van der Waals surface area contributed by atoms with Crippen LogP contribution < -0.4 is 10.1 Å². The highest BCUT2D eigenvalue weighted by Gasteiger charge is 2.24. The molecule has 130 valence electrons. The van der Waals surface area contributed by atoms with E-state index in [1.807, 2.05) is 24.3 Å². The van der Waals surface area contributed by atoms with Crippen molar-refractivity contribution in [2.75, 3.05) is 25.6 Å². The Balaban J connectivity index is 1.37. The van der Waals surface area contributed by atoms with Crippen molar-refractivity contribution < 1.29 is 18.4 Å². The molecule has 0 spiro atoms. The molecule has 1 N–H and O–H groups in total. The van der Waals surface area contributed by atoms with E-state index in [0.29, 0.717) is 43.8 Å². The number of aromatic nitrogens is 3. The Morgan fingerprint density at radius 3 is 2.92 bits per heavy atom. The number of methoxy groups -OCH3 is 1. The molecule has 0 aliphatic carbocycles. The molecule has 25 heavy (non-hydrogen) atoms. The van der Waals surface area contributed by atoms with Crippen molar-refractivity contribution in [2.45, 2.75) is 19.4 Å². The van der Waals surface area contributed by atoms with Crippen molar-refractivity contribution in [1.29, 1.82) is 0 Å². The van der Waals surface area contributed by atoms with Crippen LogP contribution >= 0.6 is 0 Å². The third-order valence-electron chi connectivity index (χ3n) is 4.07. The highest BCUT2D eigenvalue weighted by molar-refractivity contribution is 5.54. The van der Waals surface area contributed by atoms with Crippen molar-refractivity contribution in [3.05, 3.63) is 41.2 Å². The van der Waals surface area contributed by atoms with Gasteiger partial charge < -0.3 is 23.7 Å². The lowest BCUT2D eigenvalue weighted by atomic mass is 10.1. The number of nitrogens with zero attached hydrogens (tertiary/aromatic N) is 3. The van der Waals surface area contributed by atoms with E-state index >= 15 is 0 Å². The molecule has 0 radical (unpaired) electrons. The minimum atomic E-state index is 0.336. The molecule has 0 amide bonds. The Hall–Kier alpha value is -2.87. The molecule has 0 saturated carbocycles. The summed E-state index contributed by atoms with van der Waals surface area (Å²) in [6, 6.07) is 8.30. The summed E-state index contributed by atoms with van der Waals surface area (Å²) in [6.45, 7) is 1.77. The summed E-state index contributed by atoms with van der Waals surface area (Å²) in [7, 11) is 1.65. The fourth-order valence-corrected chi connectivity index (χ4v) is 2.69. The van der Waals surface area contributed by atoms with Crippen LogP contribution in [0, 0.1) is 0 Å². The molecule has 0 bridgehead atoms. The lowest BCUT2D eigenvalue weighted by molar-refractivity contribution is 0.103. The van der Waals surface area contributed by atoms with Crippen LogP contribution in [0.1, 0.15) is 16.9 Å². The topological polar surface area (TPSA) is 95.4 Å². The first-order valence-electron chi connectivity index (χ1n) is 8.09. The molecule has 4 rings (SSSR count). The fourth-order valence-electron chi connectivity index (χ4n) is 2.69. The van der Waals surface area contributed by atoms with Crippen LogP contribution in [-0.2, 0) is 24.2 Å². The van der Waals surface area contributed by atoms with Gasteiger partial charge in [-0.2, -0.15) is 0 Å². The van der Waals surface area contributed by atoms with Crippen LogP contribution in [0.15, 0.2) is 33.2 Å². The molecule has 0 unspecified atom stereocenters. The maximum absolute atomic E-state index is 5.64. The van der Waals surface area contributed by atoms with Crippen LogP contribution in [0.2, 0.25) is 0 Å². The molecule has 1 aliphatic rings. The SMILES string of the molecule is COc1ccc(CCNc2nnc(-c3noc4c3COCC4)o2)cc1. The summed E-state index contributed by atoms with van der Waals surface area (Å²) < 4.78 is 21.5. The maximum Gasteiger partial charge on any atom is 0.315 e. The summed E-state index contributed by atoms with van der Waals surface area (Å²) in [4.78, 5) is 0. The molecule has 2 aromatic heterocycles. The summed E-state index contributed by atoms with van der Waals surface area (Å²) in [5.74, 6) is 2.01. The van der Waals surface area contributed by atoms with Crippen molar-refractivity contribution >= 4 is 6.01 Å². The van der Waals surface area contributed by atoms with E-state index in [0.717, 1.165) is 23.5 Å². The van der Waals surface area contributed by atoms with Crippen molar-refractivity contribution in [1.82, 2.24) is 15.4 Å². The van der Waals surface area contributed by atoms with Crippen molar-refractivity contribution in [2.24, 2.45) is 0 Å². The van der Waals surface area contributed by atoms with Crippen LogP contribution in [0.3, 0.4) is 0 Å². The predicted molar refractivity (Wildman–Crippen MR) is 88.3 cm³/mol. The van der Waals surface area contributed by atoms with Gasteiger partial charge in [-0.1, -0.05) is 22.4 Å². The molecule has 0 fully saturated rings. The zero-order valence-electron chi connectivity index (χ0n) is 13.8. The van der Waals surface area contributed by atoms with Gasteiger partial charge in [-0.3, -0.25) is 0 Å². The van der Waals surface area contributed by atoms with Crippen LogP contribution in [-0.4, -0.2) is 35.6 Å². The predicted octanol–water partition coefficient (Wildman–Crippen LogP) is 2.46. The molecule has 8 nitrogen and oxygen atoms in total. The van der Waals surface area contributed by atoms with Crippen LogP contribution in [0.5, 0.6) is 5.75 Å². The zero-order chi connectivity index (χ0) is 17.1. The van der Waals surface area contributed by atoms with Gasteiger partial charge in [0, 0.05) is 13.0 Å². The van der Waals surface area contributed by atoms with Gasteiger partial charge in [-0.05, 0) is 24.1 Å². The first-order chi connectivity index (χ1) is 12.3. The summed E-state index contributed by atoms with van der Waals surface area (Å²) in [5, 5.41) is 15.2. The van der Waals surface area contributed by atoms with Gasteiger partial charge in [-0.25, -0.2) is 0 Å². The van der Waals surface area contributed by atoms with Gasteiger partial charge in [0.25, 0.3) is 5.89 Å². The number of hydrogen-bond donors (Lipinski definition) is 1. The Bertz CT molecular complexity index is 841. The molecule has 3 heterocycles. The lowest BCUT2D eigenvalue weighted by Gasteiger charge is -2.09. The van der Waals surface area contributed by atoms with Gasteiger partial charge in [0.15, 0.2) is 5.69 Å². The molecule has 0 saturated heterocycles. The zero-order valence-corrected chi connectivity index (χ0v) is 13.8. The Labute approximate surface area is 144 Å². The summed E-state index contributed by atoms with van der Waals surface area (Å²) in [6.07, 6.45) is 1.54. The highest BCUT2D eigenvalue weighted by Crippen LogP contribution is 2.28. The number of anilines is 1. The number of hydrogen-bond acceptors (Lipinski definition) is 8. The number of rotatable bonds is 6. The quantitative estimate of drug-likeness (QED) is 0.730. The summed E-state index contributed by atoms with van der Waals surface area (Å²) >= 11 is 0. The molecule has 0 atom stereocenters. The van der Waals surface area contributed by atoms with Crippen molar-refractivity contribution in [3.8, 4) is 17.3 Å².